The number of halogens is 1. The molecule has 2 N–H and O–H groups in total. The van der Waals surface area contributed by atoms with Gasteiger partial charge >= 0.3 is 18.0 Å². The predicted octanol–water partition coefficient (Wildman–Crippen LogP) is 2.46. The lowest BCUT2D eigenvalue weighted by Gasteiger charge is -2.42. The molecule has 0 saturated carbocycles. The molecule has 0 aromatic heterocycles. The maximum Gasteiger partial charge on any atom is 0.338 e. The smallest absolute Gasteiger partial charge is 0.338 e. The van der Waals surface area contributed by atoms with Gasteiger partial charge in [-0.25, -0.2) is 18.8 Å². The summed E-state index contributed by atoms with van der Waals surface area (Å²) in [5.74, 6) is -1.01. The molecule has 0 unspecified atom stereocenters. The molecule has 1 saturated heterocycles. The Hall–Kier alpha value is -3.14. The fourth-order valence-corrected chi connectivity index (χ4v) is 4.35. The van der Waals surface area contributed by atoms with Crippen LogP contribution in [0.25, 0.3) is 0 Å². The number of piperazine rings is 1. The van der Waals surface area contributed by atoms with Crippen molar-refractivity contribution >= 4 is 18.0 Å². The van der Waals surface area contributed by atoms with E-state index in [1.807, 2.05) is 20.8 Å². The lowest BCUT2D eigenvalue weighted by atomic mass is 9.94. The lowest BCUT2D eigenvalue weighted by Crippen LogP contribution is -2.58. The van der Waals surface area contributed by atoms with Crippen LogP contribution < -0.4 is 10.6 Å². The monoisotopic (exact) mass is 475 g/mol. The Balaban J connectivity index is 1.90. The molecule has 3 rings (SSSR count). The molecule has 1 aromatic carbocycles. The van der Waals surface area contributed by atoms with E-state index in [9.17, 15) is 18.8 Å². The first-order valence-electron chi connectivity index (χ1n) is 11.6. The van der Waals surface area contributed by atoms with Gasteiger partial charge in [-0.05, 0) is 45.4 Å². The average molecular weight is 476 g/mol. The third-order valence-corrected chi connectivity index (χ3v) is 6.01. The Bertz CT molecular complexity index is 966. The molecule has 0 aliphatic carbocycles. The quantitative estimate of drug-likeness (QED) is 0.617. The minimum absolute atomic E-state index is 0.0455. The van der Waals surface area contributed by atoms with E-state index in [0.29, 0.717) is 37.4 Å². The summed E-state index contributed by atoms with van der Waals surface area (Å²) in [5.41, 5.74) is 1.25. The van der Waals surface area contributed by atoms with Crippen LogP contribution in [0.15, 0.2) is 35.5 Å². The number of nitrogens with one attached hydrogen (secondary N) is 2. The SMILES string of the molecule is CCOC(=O)C1=C(CN2CCN(C(=O)NC(C)C)[C@@H](C)C2)N(C)C(=O)N[C@@H]1c1cccc(F)c1. The van der Waals surface area contributed by atoms with Crippen molar-refractivity contribution in [2.45, 2.75) is 45.8 Å². The van der Waals surface area contributed by atoms with Crippen molar-refractivity contribution in [3.8, 4) is 0 Å². The van der Waals surface area contributed by atoms with E-state index in [-0.39, 0.29) is 36.3 Å². The number of carbonyl (C=O) groups is 3. The number of hydrogen-bond donors (Lipinski definition) is 2. The van der Waals surface area contributed by atoms with Gasteiger partial charge in [-0.2, -0.15) is 0 Å². The Labute approximate surface area is 199 Å². The molecule has 1 fully saturated rings. The van der Waals surface area contributed by atoms with E-state index in [0.717, 1.165) is 0 Å². The molecule has 2 atom stereocenters. The molecule has 4 amide bonds. The van der Waals surface area contributed by atoms with Gasteiger partial charge in [-0.15, -0.1) is 0 Å². The van der Waals surface area contributed by atoms with Crippen molar-refractivity contribution in [3.63, 3.8) is 0 Å². The maximum atomic E-state index is 14.0. The number of rotatable bonds is 6. The van der Waals surface area contributed by atoms with Crippen molar-refractivity contribution in [1.29, 1.82) is 0 Å². The van der Waals surface area contributed by atoms with Gasteiger partial charge in [-0.3, -0.25) is 9.80 Å². The highest BCUT2D eigenvalue weighted by atomic mass is 19.1. The zero-order chi connectivity index (χ0) is 25.0. The van der Waals surface area contributed by atoms with Crippen molar-refractivity contribution in [3.05, 3.63) is 46.9 Å². The molecule has 2 heterocycles. The minimum Gasteiger partial charge on any atom is -0.463 e. The maximum absolute atomic E-state index is 14.0. The molecule has 9 nitrogen and oxygen atoms in total. The molecule has 0 radical (unpaired) electrons. The van der Waals surface area contributed by atoms with Crippen molar-refractivity contribution in [1.82, 2.24) is 25.3 Å². The van der Waals surface area contributed by atoms with Crippen LogP contribution in [0.1, 0.15) is 39.3 Å². The molecule has 2 aliphatic rings. The van der Waals surface area contributed by atoms with Gasteiger partial charge < -0.3 is 20.3 Å². The number of hydrogen-bond acceptors (Lipinski definition) is 5. The normalized spacial score (nSPS) is 21.6. The van der Waals surface area contributed by atoms with Crippen LogP contribution in [-0.4, -0.2) is 84.6 Å². The van der Waals surface area contributed by atoms with Gasteiger partial charge in [0.05, 0.1) is 18.2 Å². The van der Waals surface area contributed by atoms with Gasteiger partial charge in [0, 0.05) is 51.0 Å². The lowest BCUT2D eigenvalue weighted by molar-refractivity contribution is -0.139. The second-order valence-corrected chi connectivity index (χ2v) is 8.96. The van der Waals surface area contributed by atoms with Gasteiger partial charge in [0.1, 0.15) is 5.82 Å². The minimum atomic E-state index is -0.830. The largest absolute Gasteiger partial charge is 0.463 e. The summed E-state index contributed by atoms with van der Waals surface area (Å²) in [6.07, 6.45) is 0. The number of carbonyl (C=O) groups excluding carboxylic acids is 3. The second kappa shape index (κ2) is 10.9. The summed E-state index contributed by atoms with van der Waals surface area (Å²) in [5, 5.41) is 5.72. The highest BCUT2D eigenvalue weighted by Gasteiger charge is 2.38. The summed E-state index contributed by atoms with van der Waals surface area (Å²) >= 11 is 0. The summed E-state index contributed by atoms with van der Waals surface area (Å²) in [6, 6.07) is 4.50. The summed E-state index contributed by atoms with van der Waals surface area (Å²) in [4.78, 5) is 43.6. The Morgan fingerprint density at radius 3 is 2.65 bits per heavy atom. The second-order valence-electron chi connectivity index (χ2n) is 8.96. The van der Waals surface area contributed by atoms with E-state index in [1.165, 1.54) is 17.0 Å². The van der Waals surface area contributed by atoms with E-state index < -0.39 is 17.8 Å². The van der Waals surface area contributed by atoms with E-state index in [1.54, 1.807) is 31.0 Å². The highest BCUT2D eigenvalue weighted by Crippen LogP contribution is 2.32. The third-order valence-electron chi connectivity index (χ3n) is 6.01. The zero-order valence-electron chi connectivity index (χ0n) is 20.4. The molecule has 1 aromatic rings. The number of nitrogens with zero attached hydrogens (tertiary/aromatic N) is 3. The topological polar surface area (TPSA) is 94.2 Å². The van der Waals surface area contributed by atoms with Crippen molar-refractivity contribution in [2.75, 3.05) is 39.8 Å². The number of esters is 1. The average Bonchev–Trinajstić information content (AvgIpc) is 2.76. The van der Waals surface area contributed by atoms with Crippen LogP contribution in [0, 0.1) is 5.82 Å². The fraction of sp³-hybridized carbons (Fsp3) is 0.542. The number of likely N-dealkylation sites (N-methyl/N-ethyl adjacent to an activating group) is 1. The Morgan fingerprint density at radius 2 is 2.03 bits per heavy atom. The number of amides is 4. The first-order chi connectivity index (χ1) is 16.1. The first kappa shape index (κ1) is 25.5. The van der Waals surface area contributed by atoms with Gasteiger partial charge in [0.25, 0.3) is 0 Å². The van der Waals surface area contributed by atoms with E-state index in [4.69, 9.17) is 4.74 Å². The summed E-state index contributed by atoms with van der Waals surface area (Å²) < 4.78 is 19.3. The van der Waals surface area contributed by atoms with Crippen LogP contribution in [0.2, 0.25) is 0 Å². The number of urea groups is 2. The number of ether oxygens (including phenoxy) is 1. The Kier molecular flexibility index (Phi) is 8.14. The van der Waals surface area contributed by atoms with Crippen LogP contribution in [0.4, 0.5) is 14.0 Å². The van der Waals surface area contributed by atoms with Gasteiger partial charge in [-0.1, -0.05) is 12.1 Å². The standard InChI is InChI=1S/C24H34FN5O4/c1-6-34-22(31)20-19(14-29-10-11-30(16(4)13-29)24(33)26-15(2)3)28(5)23(32)27-21(20)17-8-7-9-18(25)12-17/h7-9,12,15-16,21H,6,10-11,13-14H2,1-5H3,(H,26,33)(H,27,32)/t16-,21+/m0/s1. The van der Waals surface area contributed by atoms with Crippen LogP contribution in [-0.2, 0) is 9.53 Å². The van der Waals surface area contributed by atoms with Crippen LogP contribution >= 0.6 is 0 Å². The number of benzene rings is 1. The molecule has 10 heteroatoms. The highest BCUT2D eigenvalue weighted by molar-refractivity contribution is 5.95. The molecule has 34 heavy (non-hydrogen) atoms. The first-order valence-corrected chi connectivity index (χ1v) is 11.6. The molecule has 0 bridgehead atoms. The molecule has 2 aliphatic heterocycles. The molecular formula is C24H34FN5O4. The predicted molar refractivity (Wildman–Crippen MR) is 125 cm³/mol. The van der Waals surface area contributed by atoms with E-state index in [2.05, 4.69) is 15.5 Å². The van der Waals surface area contributed by atoms with Crippen LogP contribution in [0.3, 0.4) is 0 Å². The van der Waals surface area contributed by atoms with Crippen LogP contribution in [0.5, 0.6) is 0 Å². The zero-order valence-corrected chi connectivity index (χ0v) is 20.4. The van der Waals surface area contributed by atoms with Crippen molar-refractivity contribution < 1.29 is 23.5 Å². The molecule has 0 spiro atoms. The molecule has 186 valence electrons. The Morgan fingerprint density at radius 1 is 1.29 bits per heavy atom. The summed E-state index contributed by atoms with van der Waals surface area (Å²) in [7, 11) is 1.60. The fourth-order valence-electron chi connectivity index (χ4n) is 4.35. The van der Waals surface area contributed by atoms with Crippen molar-refractivity contribution in [2.24, 2.45) is 0 Å². The summed E-state index contributed by atoms with van der Waals surface area (Å²) in [6.45, 7) is 9.68. The van der Waals surface area contributed by atoms with Gasteiger partial charge in [0.15, 0.2) is 0 Å². The molecular weight excluding hydrogens is 441 g/mol. The van der Waals surface area contributed by atoms with Gasteiger partial charge in [0.2, 0.25) is 0 Å². The van der Waals surface area contributed by atoms with E-state index >= 15 is 0 Å². The third kappa shape index (κ3) is 5.67.